The zero-order valence-electron chi connectivity index (χ0n) is 7.31. The maximum atomic E-state index is 5.61. The molecule has 0 aliphatic carbocycles. The predicted octanol–water partition coefficient (Wildman–Crippen LogP) is 1.26. The van der Waals surface area contributed by atoms with Crippen LogP contribution >= 0.6 is 0 Å². The van der Waals surface area contributed by atoms with Gasteiger partial charge < -0.3 is 9.64 Å². The van der Waals surface area contributed by atoms with Crippen molar-refractivity contribution in [3.63, 3.8) is 0 Å². The number of ether oxygens (including phenoxy) is 1. The molecule has 11 heavy (non-hydrogen) atoms. The van der Waals surface area contributed by atoms with E-state index >= 15 is 0 Å². The Kier molecular flexibility index (Phi) is 1.90. The van der Waals surface area contributed by atoms with Crippen LogP contribution in [0.3, 0.4) is 0 Å². The SMILES string of the molecule is CCCN1CC[C@@]2(CCO2)C1. The first-order valence-electron chi connectivity index (χ1n) is 4.71. The van der Waals surface area contributed by atoms with Crippen LogP contribution in [0.1, 0.15) is 26.2 Å². The molecule has 2 saturated heterocycles. The number of likely N-dealkylation sites (tertiary alicyclic amines) is 1. The minimum absolute atomic E-state index is 0.315. The van der Waals surface area contributed by atoms with Crippen molar-refractivity contribution in [2.24, 2.45) is 0 Å². The van der Waals surface area contributed by atoms with Gasteiger partial charge >= 0.3 is 0 Å². The lowest BCUT2D eigenvalue weighted by atomic mass is 9.94. The summed E-state index contributed by atoms with van der Waals surface area (Å²) in [6.07, 6.45) is 3.84. The Bertz CT molecular complexity index is 142. The molecule has 0 unspecified atom stereocenters. The summed E-state index contributed by atoms with van der Waals surface area (Å²) in [7, 11) is 0. The van der Waals surface area contributed by atoms with Crippen LogP contribution < -0.4 is 0 Å². The fourth-order valence-corrected chi connectivity index (χ4v) is 2.15. The summed E-state index contributed by atoms with van der Waals surface area (Å²) >= 11 is 0. The van der Waals surface area contributed by atoms with Crippen molar-refractivity contribution in [1.82, 2.24) is 4.90 Å². The Morgan fingerprint density at radius 2 is 2.27 bits per heavy atom. The summed E-state index contributed by atoms with van der Waals surface area (Å²) in [6, 6.07) is 0. The van der Waals surface area contributed by atoms with E-state index < -0.39 is 0 Å². The maximum Gasteiger partial charge on any atom is 0.0842 e. The molecule has 2 nitrogen and oxygen atoms in total. The van der Waals surface area contributed by atoms with Crippen LogP contribution in [0.4, 0.5) is 0 Å². The van der Waals surface area contributed by atoms with E-state index in [1.54, 1.807) is 0 Å². The fourth-order valence-electron chi connectivity index (χ4n) is 2.15. The van der Waals surface area contributed by atoms with Crippen LogP contribution in [0.5, 0.6) is 0 Å². The molecule has 0 aromatic rings. The molecule has 0 amide bonds. The second-order valence-electron chi connectivity index (χ2n) is 3.81. The molecule has 0 aromatic carbocycles. The molecule has 2 heteroatoms. The normalized spacial score (nSPS) is 37.9. The lowest BCUT2D eigenvalue weighted by Gasteiger charge is -2.38. The second-order valence-corrected chi connectivity index (χ2v) is 3.81. The van der Waals surface area contributed by atoms with E-state index in [0.29, 0.717) is 5.60 Å². The predicted molar refractivity (Wildman–Crippen MR) is 44.6 cm³/mol. The van der Waals surface area contributed by atoms with E-state index in [1.165, 1.54) is 38.9 Å². The van der Waals surface area contributed by atoms with Crippen molar-refractivity contribution in [2.75, 3.05) is 26.2 Å². The van der Waals surface area contributed by atoms with Gasteiger partial charge in [-0.2, -0.15) is 0 Å². The summed E-state index contributed by atoms with van der Waals surface area (Å²) in [6.45, 7) is 6.95. The molecule has 64 valence electrons. The number of nitrogens with zero attached hydrogens (tertiary/aromatic N) is 1. The molecular weight excluding hydrogens is 138 g/mol. The minimum atomic E-state index is 0.315. The lowest BCUT2D eigenvalue weighted by Crippen LogP contribution is -2.45. The van der Waals surface area contributed by atoms with E-state index in [9.17, 15) is 0 Å². The van der Waals surface area contributed by atoms with Crippen molar-refractivity contribution in [3.05, 3.63) is 0 Å². The van der Waals surface area contributed by atoms with Gasteiger partial charge in [-0.3, -0.25) is 0 Å². The average molecular weight is 155 g/mol. The van der Waals surface area contributed by atoms with Gasteiger partial charge in [0.15, 0.2) is 0 Å². The van der Waals surface area contributed by atoms with Gasteiger partial charge in [0.25, 0.3) is 0 Å². The Balaban J connectivity index is 1.83. The van der Waals surface area contributed by atoms with Crippen LogP contribution in [-0.2, 0) is 4.74 Å². The van der Waals surface area contributed by atoms with Gasteiger partial charge in [-0.15, -0.1) is 0 Å². The van der Waals surface area contributed by atoms with Crippen LogP contribution in [0.25, 0.3) is 0 Å². The highest BCUT2D eigenvalue weighted by atomic mass is 16.5. The van der Waals surface area contributed by atoms with E-state index in [4.69, 9.17) is 4.74 Å². The van der Waals surface area contributed by atoms with Gasteiger partial charge in [-0.1, -0.05) is 6.92 Å². The molecule has 0 radical (unpaired) electrons. The Morgan fingerprint density at radius 1 is 1.45 bits per heavy atom. The highest BCUT2D eigenvalue weighted by molar-refractivity contribution is 4.96. The monoisotopic (exact) mass is 155 g/mol. The fraction of sp³-hybridized carbons (Fsp3) is 1.00. The highest BCUT2D eigenvalue weighted by Crippen LogP contribution is 2.35. The van der Waals surface area contributed by atoms with Gasteiger partial charge in [0.05, 0.1) is 12.2 Å². The smallest absolute Gasteiger partial charge is 0.0842 e. The van der Waals surface area contributed by atoms with Gasteiger partial charge in [0.1, 0.15) is 0 Å². The van der Waals surface area contributed by atoms with Crippen LogP contribution in [0.2, 0.25) is 0 Å². The van der Waals surface area contributed by atoms with E-state index in [-0.39, 0.29) is 0 Å². The van der Waals surface area contributed by atoms with Gasteiger partial charge in [-0.25, -0.2) is 0 Å². The van der Waals surface area contributed by atoms with Crippen LogP contribution in [0, 0.1) is 0 Å². The Labute approximate surface area is 68.5 Å². The van der Waals surface area contributed by atoms with Crippen molar-refractivity contribution in [2.45, 2.75) is 31.8 Å². The molecule has 0 bridgehead atoms. The van der Waals surface area contributed by atoms with Crippen molar-refractivity contribution in [1.29, 1.82) is 0 Å². The summed E-state index contributed by atoms with van der Waals surface area (Å²) in [5.41, 5.74) is 0.315. The van der Waals surface area contributed by atoms with E-state index in [0.717, 1.165) is 6.61 Å². The molecule has 1 spiro atoms. The number of hydrogen-bond donors (Lipinski definition) is 0. The van der Waals surface area contributed by atoms with Crippen LogP contribution in [-0.4, -0.2) is 36.7 Å². The van der Waals surface area contributed by atoms with Gasteiger partial charge in [-0.05, 0) is 19.4 Å². The molecule has 0 N–H and O–H groups in total. The third-order valence-electron chi connectivity index (χ3n) is 2.90. The molecule has 0 aromatic heterocycles. The zero-order valence-corrected chi connectivity index (χ0v) is 7.31. The molecule has 1 atom stereocenters. The summed E-state index contributed by atoms with van der Waals surface area (Å²) in [5, 5.41) is 0. The molecule has 2 aliphatic heterocycles. The topological polar surface area (TPSA) is 12.5 Å². The van der Waals surface area contributed by atoms with Gasteiger partial charge in [0, 0.05) is 19.5 Å². The van der Waals surface area contributed by atoms with E-state index in [2.05, 4.69) is 11.8 Å². The Hall–Kier alpha value is -0.0800. The molecule has 2 rings (SSSR count). The largest absolute Gasteiger partial charge is 0.373 e. The van der Waals surface area contributed by atoms with Crippen molar-refractivity contribution < 1.29 is 4.74 Å². The number of rotatable bonds is 2. The quantitative estimate of drug-likeness (QED) is 0.595. The highest BCUT2D eigenvalue weighted by Gasteiger charge is 2.43. The first kappa shape index (κ1) is 7.56. The first-order valence-corrected chi connectivity index (χ1v) is 4.71. The van der Waals surface area contributed by atoms with Crippen molar-refractivity contribution >= 4 is 0 Å². The summed E-state index contributed by atoms with van der Waals surface area (Å²) in [5.74, 6) is 0. The third kappa shape index (κ3) is 1.30. The summed E-state index contributed by atoms with van der Waals surface area (Å²) < 4.78 is 5.61. The average Bonchev–Trinajstić information content (AvgIpc) is 2.32. The molecular formula is C9H17NO. The molecule has 0 saturated carbocycles. The molecule has 2 heterocycles. The first-order chi connectivity index (χ1) is 5.35. The molecule has 2 aliphatic rings. The lowest BCUT2D eigenvalue weighted by molar-refractivity contribution is -0.137. The van der Waals surface area contributed by atoms with Crippen LogP contribution in [0.15, 0.2) is 0 Å². The van der Waals surface area contributed by atoms with Crippen molar-refractivity contribution in [3.8, 4) is 0 Å². The zero-order chi connectivity index (χ0) is 7.73. The standard InChI is InChI=1S/C9H17NO/c1-2-5-10-6-3-9(8-10)4-7-11-9/h2-8H2,1H3/t9-/m1/s1. The second kappa shape index (κ2) is 2.76. The minimum Gasteiger partial charge on any atom is -0.373 e. The molecule has 2 fully saturated rings. The third-order valence-corrected chi connectivity index (χ3v) is 2.90. The maximum absolute atomic E-state index is 5.61. The van der Waals surface area contributed by atoms with Gasteiger partial charge in [0.2, 0.25) is 0 Å². The summed E-state index contributed by atoms with van der Waals surface area (Å²) in [4.78, 5) is 2.53. The number of hydrogen-bond acceptors (Lipinski definition) is 2. The van der Waals surface area contributed by atoms with E-state index in [1.807, 2.05) is 0 Å². The Morgan fingerprint density at radius 3 is 2.73 bits per heavy atom.